The molecule has 0 unspecified atom stereocenters. The number of phenols is 1. The van der Waals surface area contributed by atoms with Crippen molar-refractivity contribution in [3.8, 4) is 5.75 Å². The number of nitro benzene ring substituents is 1. The van der Waals surface area contributed by atoms with Gasteiger partial charge in [-0.1, -0.05) is 22.0 Å². The van der Waals surface area contributed by atoms with E-state index >= 15 is 0 Å². The second kappa shape index (κ2) is 8.06. The Balaban J connectivity index is 1.90. The summed E-state index contributed by atoms with van der Waals surface area (Å²) in [6, 6.07) is 10.8. The summed E-state index contributed by atoms with van der Waals surface area (Å²) in [7, 11) is 0. The van der Waals surface area contributed by atoms with E-state index in [1.54, 1.807) is 0 Å². The van der Waals surface area contributed by atoms with Gasteiger partial charge in [0.25, 0.3) is 11.6 Å². The van der Waals surface area contributed by atoms with Crippen molar-refractivity contribution < 1.29 is 14.8 Å². The van der Waals surface area contributed by atoms with Crippen LogP contribution in [0.4, 0.5) is 11.4 Å². The number of aromatic hydroxyl groups is 1. The van der Waals surface area contributed by atoms with Crippen molar-refractivity contribution in [3.05, 3.63) is 62.6 Å². The van der Waals surface area contributed by atoms with Crippen LogP contribution in [0, 0.1) is 10.1 Å². The summed E-state index contributed by atoms with van der Waals surface area (Å²) >= 11 is 3.32. The summed E-state index contributed by atoms with van der Waals surface area (Å²) in [6.07, 6.45) is 1.14. The zero-order chi connectivity index (χ0) is 17.5. The zero-order valence-corrected chi connectivity index (χ0v) is 13.9. The van der Waals surface area contributed by atoms with Gasteiger partial charge in [-0.25, -0.2) is 5.43 Å². The Labute approximate surface area is 145 Å². The number of hydrazone groups is 1. The highest BCUT2D eigenvalue weighted by Crippen LogP contribution is 2.21. The van der Waals surface area contributed by atoms with Crippen LogP contribution in [0.15, 0.2) is 52.0 Å². The standard InChI is InChI=1S/C15H13BrN4O4/c16-11-2-1-3-12(7-11)17-9-15(22)19-18-8-10-6-13(20(23)24)4-5-14(10)21/h1-8,17,21H,9H2,(H,19,22)/b18-8-. The molecule has 0 saturated carbocycles. The highest BCUT2D eigenvalue weighted by atomic mass is 79.9. The number of hydrogen-bond donors (Lipinski definition) is 3. The number of phenolic OH excluding ortho intramolecular Hbond substituents is 1. The molecule has 0 aliphatic carbocycles. The second-order valence-electron chi connectivity index (χ2n) is 4.66. The third kappa shape index (κ3) is 5.06. The lowest BCUT2D eigenvalue weighted by Gasteiger charge is -2.05. The molecule has 0 heterocycles. The van der Waals surface area contributed by atoms with Crippen LogP contribution in [0.25, 0.3) is 0 Å². The number of nitrogens with one attached hydrogen (secondary N) is 2. The van der Waals surface area contributed by atoms with Gasteiger partial charge in [0, 0.05) is 27.9 Å². The molecule has 0 aliphatic heterocycles. The lowest BCUT2D eigenvalue weighted by molar-refractivity contribution is -0.384. The molecule has 1 amide bonds. The molecule has 2 aromatic rings. The van der Waals surface area contributed by atoms with E-state index in [0.29, 0.717) is 0 Å². The van der Waals surface area contributed by atoms with Gasteiger partial charge in [-0.3, -0.25) is 14.9 Å². The van der Waals surface area contributed by atoms with Gasteiger partial charge in [-0.05, 0) is 24.3 Å². The van der Waals surface area contributed by atoms with E-state index in [1.807, 2.05) is 24.3 Å². The third-order valence-corrected chi connectivity index (χ3v) is 3.39. The van der Waals surface area contributed by atoms with Crippen LogP contribution in [0.5, 0.6) is 5.75 Å². The van der Waals surface area contributed by atoms with Crippen LogP contribution in [0.1, 0.15) is 5.56 Å². The van der Waals surface area contributed by atoms with E-state index in [-0.39, 0.29) is 23.5 Å². The minimum Gasteiger partial charge on any atom is -0.507 e. The van der Waals surface area contributed by atoms with Gasteiger partial charge < -0.3 is 10.4 Å². The highest BCUT2D eigenvalue weighted by molar-refractivity contribution is 9.10. The fourth-order valence-electron chi connectivity index (χ4n) is 1.75. The Hall–Kier alpha value is -2.94. The minimum absolute atomic E-state index is 0.00525. The van der Waals surface area contributed by atoms with E-state index in [2.05, 4.69) is 31.8 Å². The number of benzene rings is 2. The van der Waals surface area contributed by atoms with Gasteiger partial charge in [0.2, 0.25) is 0 Å². The van der Waals surface area contributed by atoms with Gasteiger partial charge in [-0.2, -0.15) is 5.10 Å². The normalized spacial score (nSPS) is 10.5. The maximum atomic E-state index is 11.7. The molecule has 0 bridgehead atoms. The van der Waals surface area contributed by atoms with E-state index < -0.39 is 10.8 Å². The molecule has 0 saturated heterocycles. The number of halogens is 1. The fourth-order valence-corrected chi connectivity index (χ4v) is 2.15. The minimum atomic E-state index is -0.586. The predicted molar refractivity (Wildman–Crippen MR) is 93.1 cm³/mol. The number of amides is 1. The molecular formula is C15H13BrN4O4. The molecule has 2 rings (SSSR count). The largest absolute Gasteiger partial charge is 0.507 e. The van der Waals surface area contributed by atoms with Crippen LogP contribution >= 0.6 is 15.9 Å². The Morgan fingerprint density at radius 3 is 2.83 bits per heavy atom. The Bertz CT molecular complexity index is 795. The second-order valence-corrected chi connectivity index (χ2v) is 5.57. The molecule has 0 aliphatic rings. The van der Waals surface area contributed by atoms with Crippen molar-refractivity contribution in [2.45, 2.75) is 0 Å². The van der Waals surface area contributed by atoms with Crippen molar-refractivity contribution in [1.82, 2.24) is 5.43 Å². The third-order valence-electron chi connectivity index (χ3n) is 2.89. The number of anilines is 1. The van der Waals surface area contributed by atoms with Crippen molar-refractivity contribution in [1.29, 1.82) is 0 Å². The molecule has 24 heavy (non-hydrogen) atoms. The maximum absolute atomic E-state index is 11.7. The molecule has 0 fully saturated rings. The van der Waals surface area contributed by atoms with Gasteiger partial charge in [0.15, 0.2) is 0 Å². The van der Waals surface area contributed by atoms with Gasteiger partial charge >= 0.3 is 0 Å². The van der Waals surface area contributed by atoms with Crippen LogP contribution < -0.4 is 10.7 Å². The van der Waals surface area contributed by atoms with Crippen molar-refractivity contribution in [2.75, 3.05) is 11.9 Å². The number of rotatable bonds is 6. The first kappa shape index (κ1) is 17.4. The molecular weight excluding hydrogens is 380 g/mol. The molecule has 8 nitrogen and oxygen atoms in total. The molecule has 0 spiro atoms. The Kier molecular flexibility index (Phi) is 5.85. The van der Waals surface area contributed by atoms with Crippen molar-refractivity contribution in [2.24, 2.45) is 5.10 Å². The quantitative estimate of drug-likeness (QED) is 0.396. The average Bonchev–Trinajstić information content (AvgIpc) is 2.54. The molecule has 0 atom stereocenters. The van der Waals surface area contributed by atoms with Crippen LogP contribution in [-0.4, -0.2) is 28.7 Å². The van der Waals surface area contributed by atoms with Crippen molar-refractivity contribution >= 4 is 39.4 Å². The summed E-state index contributed by atoms with van der Waals surface area (Å²) in [4.78, 5) is 21.8. The molecule has 124 valence electrons. The summed E-state index contributed by atoms with van der Waals surface area (Å²) in [5.74, 6) is -0.581. The summed E-state index contributed by atoms with van der Waals surface area (Å²) < 4.78 is 0.882. The Morgan fingerprint density at radius 2 is 2.12 bits per heavy atom. The molecule has 2 aromatic carbocycles. The number of hydrogen-bond acceptors (Lipinski definition) is 6. The molecule has 0 aromatic heterocycles. The first-order chi connectivity index (χ1) is 11.5. The smallest absolute Gasteiger partial charge is 0.270 e. The first-order valence-electron chi connectivity index (χ1n) is 6.74. The summed E-state index contributed by atoms with van der Waals surface area (Å²) in [5.41, 5.74) is 2.98. The summed E-state index contributed by atoms with van der Waals surface area (Å²) in [6.45, 7) is -0.00525. The maximum Gasteiger partial charge on any atom is 0.270 e. The number of non-ortho nitro benzene ring substituents is 1. The van der Waals surface area contributed by atoms with E-state index in [0.717, 1.165) is 22.4 Å². The van der Waals surface area contributed by atoms with Crippen molar-refractivity contribution in [3.63, 3.8) is 0 Å². The monoisotopic (exact) mass is 392 g/mol. The number of nitro groups is 1. The van der Waals surface area contributed by atoms with Gasteiger partial charge in [-0.15, -0.1) is 0 Å². The van der Waals surface area contributed by atoms with Gasteiger partial charge in [0.05, 0.1) is 17.7 Å². The van der Waals surface area contributed by atoms with E-state index in [4.69, 9.17) is 0 Å². The van der Waals surface area contributed by atoms with Crippen LogP contribution in [0.2, 0.25) is 0 Å². The Morgan fingerprint density at radius 1 is 1.33 bits per heavy atom. The highest BCUT2D eigenvalue weighted by Gasteiger charge is 2.08. The summed E-state index contributed by atoms with van der Waals surface area (Å²) in [5, 5.41) is 26.9. The SMILES string of the molecule is O=C(CNc1cccc(Br)c1)N/N=C\c1cc([N+](=O)[O-])ccc1O. The topological polar surface area (TPSA) is 117 Å². The van der Waals surface area contributed by atoms with E-state index in [9.17, 15) is 20.0 Å². The fraction of sp³-hybridized carbons (Fsp3) is 0.0667. The number of carbonyl (C=O) groups is 1. The number of nitrogens with zero attached hydrogens (tertiary/aromatic N) is 2. The van der Waals surface area contributed by atoms with E-state index in [1.165, 1.54) is 12.1 Å². The van der Waals surface area contributed by atoms with Crippen LogP contribution in [-0.2, 0) is 4.79 Å². The lowest BCUT2D eigenvalue weighted by atomic mass is 10.2. The molecule has 3 N–H and O–H groups in total. The number of carbonyl (C=O) groups excluding carboxylic acids is 1. The van der Waals surface area contributed by atoms with Gasteiger partial charge in [0.1, 0.15) is 5.75 Å². The predicted octanol–water partition coefficient (Wildman–Crippen LogP) is 2.63. The lowest BCUT2D eigenvalue weighted by Crippen LogP contribution is -2.25. The first-order valence-corrected chi connectivity index (χ1v) is 7.54. The average molecular weight is 393 g/mol. The zero-order valence-electron chi connectivity index (χ0n) is 12.3. The van der Waals surface area contributed by atoms with Crippen LogP contribution in [0.3, 0.4) is 0 Å². The molecule has 9 heteroatoms. The molecule has 0 radical (unpaired) electrons.